The second-order valence-electron chi connectivity index (χ2n) is 5.50. The van der Waals surface area contributed by atoms with E-state index in [0.717, 1.165) is 10.4 Å². The Hall–Kier alpha value is -0.0100. The van der Waals surface area contributed by atoms with Gasteiger partial charge in [-0.25, -0.2) is 0 Å². The van der Waals surface area contributed by atoms with E-state index in [2.05, 4.69) is 48.8 Å². The van der Waals surface area contributed by atoms with E-state index >= 15 is 0 Å². The molecule has 0 spiro atoms. The van der Waals surface area contributed by atoms with Crippen LogP contribution < -0.4 is 0 Å². The molecule has 1 aromatic carbocycles. The maximum absolute atomic E-state index is 5.90. The van der Waals surface area contributed by atoms with Crippen molar-refractivity contribution in [3.8, 4) is 0 Å². The van der Waals surface area contributed by atoms with E-state index in [1.165, 1.54) is 18.4 Å². The van der Waals surface area contributed by atoms with Gasteiger partial charge in [-0.2, -0.15) is 0 Å². The predicted molar refractivity (Wildman–Crippen MR) is 76.7 cm³/mol. The van der Waals surface area contributed by atoms with Crippen LogP contribution in [-0.4, -0.2) is 5.33 Å². The summed E-state index contributed by atoms with van der Waals surface area (Å²) in [6.45, 7) is 6.88. The molecule has 2 heteroatoms. The van der Waals surface area contributed by atoms with Crippen LogP contribution in [0.5, 0.6) is 0 Å². The lowest BCUT2D eigenvalue weighted by atomic mass is 9.85. The van der Waals surface area contributed by atoms with Crippen LogP contribution in [0, 0.1) is 5.41 Å². The molecule has 0 radical (unpaired) electrons. The standard InChI is InChI=1S/C14H20BrCl/c1-14(2,3)9-8-12(10-15)11-4-6-13(16)7-5-11/h4-7,12H,8-10H2,1-3H3. The summed E-state index contributed by atoms with van der Waals surface area (Å²) >= 11 is 9.50. The molecule has 16 heavy (non-hydrogen) atoms. The van der Waals surface area contributed by atoms with Crippen LogP contribution in [0.15, 0.2) is 24.3 Å². The molecule has 1 rings (SSSR count). The van der Waals surface area contributed by atoms with Gasteiger partial charge in [0.05, 0.1) is 0 Å². The van der Waals surface area contributed by atoms with Gasteiger partial charge in [-0.1, -0.05) is 60.4 Å². The van der Waals surface area contributed by atoms with E-state index in [4.69, 9.17) is 11.6 Å². The van der Waals surface area contributed by atoms with Gasteiger partial charge in [-0.15, -0.1) is 0 Å². The highest BCUT2D eigenvalue weighted by Gasteiger charge is 2.15. The van der Waals surface area contributed by atoms with Crippen molar-refractivity contribution in [1.82, 2.24) is 0 Å². The van der Waals surface area contributed by atoms with Crippen molar-refractivity contribution in [2.24, 2.45) is 5.41 Å². The Balaban J connectivity index is 2.64. The summed E-state index contributed by atoms with van der Waals surface area (Å²) < 4.78 is 0. The number of rotatable bonds is 4. The number of alkyl halides is 1. The second-order valence-corrected chi connectivity index (χ2v) is 6.59. The molecule has 1 unspecified atom stereocenters. The molecule has 0 bridgehead atoms. The Morgan fingerprint density at radius 2 is 1.75 bits per heavy atom. The highest BCUT2D eigenvalue weighted by Crippen LogP contribution is 2.30. The van der Waals surface area contributed by atoms with Crippen molar-refractivity contribution in [1.29, 1.82) is 0 Å². The summed E-state index contributed by atoms with van der Waals surface area (Å²) in [6.07, 6.45) is 2.46. The molecule has 90 valence electrons. The first-order chi connectivity index (χ1) is 7.42. The molecular formula is C14H20BrCl. The van der Waals surface area contributed by atoms with E-state index in [1.54, 1.807) is 0 Å². The summed E-state index contributed by atoms with van der Waals surface area (Å²) in [5.41, 5.74) is 1.79. The van der Waals surface area contributed by atoms with Crippen molar-refractivity contribution in [2.45, 2.75) is 39.5 Å². The molecular weight excluding hydrogens is 284 g/mol. The lowest BCUT2D eigenvalue weighted by Crippen LogP contribution is -2.09. The molecule has 0 aliphatic heterocycles. The normalized spacial score (nSPS) is 13.8. The van der Waals surface area contributed by atoms with E-state index in [9.17, 15) is 0 Å². The summed E-state index contributed by atoms with van der Waals surface area (Å²) in [4.78, 5) is 0. The van der Waals surface area contributed by atoms with E-state index in [1.807, 2.05) is 12.1 Å². The van der Waals surface area contributed by atoms with Gasteiger partial charge in [0.1, 0.15) is 0 Å². The third-order valence-electron chi connectivity index (χ3n) is 2.77. The summed E-state index contributed by atoms with van der Waals surface area (Å²) in [7, 11) is 0. The van der Waals surface area contributed by atoms with Crippen molar-refractivity contribution in [3.05, 3.63) is 34.9 Å². The average molecular weight is 304 g/mol. The van der Waals surface area contributed by atoms with Gasteiger partial charge in [-0.3, -0.25) is 0 Å². The molecule has 0 aliphatic rings. The Labute approximate surface area is 113 Å². The van der Waals surface area contributed by atoms with Crippen LogP contribution in [0.1, 0.15) is 45.1 Å². The first-order valence-electron chi connectivity index (χ1n) is 5.74. The van der Waals surface area contributed by atoms with Gasteiger partial charge in [0, 0.05) is 10.4 Å². The van der Waals surface area contributed by atoms with Gasteiger partial charge in [0.2, 0.25) is 0 Å². The molecule has 0 saturated heterocycles. The fourth-order valence-electron chi connectivity index (χ4n) is 1.68. The van der Waals surface area contributed by atoms with E-state index in [0.29, 0.717) is 11.3 Å². The summed E-state index contributed by atoms with van der Waals surface area (Å²) in [5, 5.41) is 1.83. The predicted octanol–water partition coefficient (Wildman–Crippen LogP) is 5.64. The van der Waals surface area contributed by atoms with Crippen molar-refractivity contribution in [3.63, 3.8) is 0 Å². The lowest BCUT2D eigenvalue weighted by molar-refractivity contribution is 0.354. The van der Waals surface area contributed by atoms with Crippen LogP contribution in [0.25, 0.3) is 0 Å². The Bertz CT molecular complexity index is 311. The van der Waals surface area contributed by atoms with Crippen LogP contribution in [0.4, 0.5) is 0 Å². The topological polar surface area (TPSA) is 0 Å². The van der Waals surface area contributed by atoms with Gasteiger partial charge in [0.15, 0.2) is 0 Å². The molecule has 0 aliphatic carbocycles. The molecule has 0 amide bonds. The summed E-state index contributed by atoms with van der Waals surface area (Å²) in [5.74, 6) is 0.594. The number of benzene rings is 1. The zero-order chi connectivity index (χ0) is 12.2. The van der Waals surface area contributed by atoms with Gasteiger partial charge < -0.3 is 0 Å². The Morgan fingerprint density at radius 1 is 1.19 bits per heavy atom. The first-order valence-corrected chi connectivity index (χ1v) is 7.24. The van der Waals surface area contributed by atoms with E-state index in [-0.39, 0.29) is 0 Å². The molecule has 1 aromatic rings. The van der Waals surface area contributed by atoms with Gasteiger partial charge >= 0.3 is 0 Å². The number of halogens is 2. The minimum atomic E-state index is 0.410. The third kappa shape index (κ3) is 4.88. The van der Waals surface area contributed by atoms with Crippen molar-refractivity contribution >= 4 is 27.5 Å². The third-order valence-corrected chi connectivity index (χ3v) is 3.80. The van der Waals surface area contributed by atoms with E-state index < -0.39 is 0 Å². The SMILES string of the molecule is CC(C)(C)CCC(CBr)c1ccc(Cl)cc1. The first kappa shape index (κ1) is 14.1. The minimum absolute atomic E-state index is 0.410. The molecule has 0 fully saturated rings. The summed E-state index contributed by atoms with van der Waals surface area (Å²) in [6, 6.07) is 8.22. The fourth-order valence-corrected chi connectivity index (χ4v) is 2.50. The lowest BCUT2D eigenvalue weighted by Gasteiger charge is -2.22. The fraction of sp³-hybridized carbons (Fsp3) is 0.571. The van der Waals surface area contributed by atoms with Gasteiger partial charge in [0.25, 0.3) is 0 Å². The molecule has 0 aromatic heterocycles. The smallest absolute Gasteiger partial charge is 0.0406 e. The number of hydrogen-bond donors (Lipinski definition) is 0. The molecule has 0 heterocycles. The quantitative estimate of drug-likeness (QED) is 0.631. The zero-order valence-corrected chi connectivity index (χ0v) is 12.6. The minimum Gasteiger partial charge on any atom is -0.0921 e. The highest BCUT2D eigenvalue weighted by molar-refractivity contribution is 9.09. The Morgan fingerprint density at radius 3 is 2.19 bits per heavy atom. The molecule has 1 atom stereocenters. The maximum Gasteiger partial charge on any atom is 0.0406 e. The van der Waals surface area contributed by atoms with Crippen molar-refractivity contribution < 1.29 is 0 Å². The van der Waals surface area contributed by atoms with Gasteiger partial charge in [-0.05, 0) is 41.9 Å². The van der Waals surface area contributed by atoms with Crippen LogP contribution in [0.3, 0.4) is 0 Å². The van der Waals surface area contributed by atoms with Crippen LogP contribution in [0.2, 0.25) is 5.02 Å². The second kappa shape index (κ2) is 6.07. The average Bonchev–Trinajstić information content (AvgIpc) is 2.20. The Kier molecular flexibility index (Phi) is 5.33. The van der Waals surface area contributed by atoms with Crippen molar-refractivity contribution in [2.75, 3.05) is 5.33 Å². The molecule has 0 nitrogen and oxygen atoms in total. The molecule has 0 N–H and O–H groups in total. The van der Waals surface area contributed by atoms with Crippen LogP contribution >= 0.6 is 27.5 Å². The number of hydrogen-bond acceptors (Lipinski definition) is 0. The zero-order valence-electron chi connectivity index (χ0n) is 10.3. The maximum atomic E-state index is 5.90. The highest BCUT2D eigenvalue weighted by atomic mass is 79.9. The van der Waals surface area contributed by atoms with Crippen LogP contribution in [-0.2, 0) is 0 Å². The molecule has 0 saturated carbocycles. The largest absolute Gasteiger partial charge is 0.0921 e. The monoisotopic (exact) mass is 302 g/mol.